The minimum Gasteiger partial charge on any atom is -0.490 e. The fraction of sp³-hybridized carbons (Fsp3) is 0.250. The van der Waals surface area contributed by atoms with Crippen molar-refractivity contribution in [2.45, 2.75) is 13.8 Å². The minimum absolute atomic E-state index is 0.0260. The molecule has 2 aliphatic heterocycles. The first-order valence-corrected chi connectivity index (χ1v) is 11.7. The first-order valence-electron chi connectivity index (χ1n) is 10.9. The van der Waals surface area contributed by atoms with E-state index in [-0.39, 0.29) is 42.8 Å². The summed E-state index contributed by atoms with van der Waals surface area (Å²) in [5, 5.41) is 2.18. The third-order valence-electron chi connectivity index (χ3n) is 5.03. The smallest absolute Gasteiger partial charge is 0.344 e. The second-order valence-electron chi connectivity index (χ2n) is 7.34. The Morgan fingerprint density at radius 2 is 1.81 bits per heavy atom. The van der Waals surface area contributed by atoms with Gasteiger partial charge in [0.15, 0.2) is 29.6 Å². The van der Waals surface area contributed by atoms with Gasteiger partial charge in [-0.15, -0.1) is 0 Å². The third kappa shape index (κ3) is 5.13. The van der Waals surface area contributed by atoms with Crippen LogP contribution in [0.2, 0.25) is 0 Å². The molecule has 12 heteroatoms. The normalized spacial score (nSPS) is 15.7. The van der Waals surface area contributed by atoms with Gasteiger partial charge in [0.2, 0.25) is 6.79 Å². The zero-order valence-corrected chi connectivity index (χ0v) is 20.9. The first-order chi connectivity index (χ1) is 17.3. The third-order valence-corrected chi connectivity index (χ3v) is 5.72. The Bertz CT molecular complexity index is 1270. The van der Waals surface area contributed by atoms with Crippen molar-refractivity contribution in [2.75, 3.05) is 31.5 Å². The molecule has 1 fully saturated rings. The van der Waals surface area contributed by atoms with Crippen LogP contribution in [-0.2, 0) is 19.1 Å². The Morgan fingerprint density at radius 3 is 2.56 bits per heavy atom. The van der Waals surface area contributed by atoms with E-state index in [9.17, 15) is 19.2 Å². The molecule has 1 N–H and O–H groups in total. The van der Waals surface area contributed by atoms with Crippen molar-refractivity contribution >= 4 is 51.5 Å². The molecule has 0 spiro atoms. The van der Waals surface area contributed by atoms with Gasteiger partial charge in [-0.3, -0.25) is 14.9 Å². The molecule has 4 amide bonds. The standard InChI is InChI=1S/C24H21BrN2O9/c1-3-32-18-8-13(16(25)10-20(18)34-11-21(28)33-4-2)7-15-22(29)26-24(31)27(23(15)30)14-5-6-17-19(9-14)36-12-35-17/h5-10H,3-4,11-12H2,1-2H3,(H,26,29,31)/b15-7+. The summed E-state index contributed by atoms with van der Waals surface area (Å²) in [5.74, 6) is -0.824. The van der Waals surface area contributed by atoms with Crippen LogP contribution in [0.15, 0.2) is 40.4 Å². The first kappa shape index (κ1) is 25.0. The second-order valence-corrected chi connectivity index (χ2v) is 8.20. The Labute approximate surface area is 214 Å². The van der Waals surface area contributed by atoms with Gasteiger partial charge >= 0.3 is 12.0 Å². The molecule has 36 heavy (non-hydrogen) atoms. The van der Waals surface area contributed by atoms with Crippen LogP contribution in [0.5, 0.6) is 23.0 Å². The number of amides is 4. The molecular formula is C24H21BrN2O9. The predicted molar refractivity (Wildman–Crippen MR) is 129 cm³/mol. The average molecular weight is 561 g/mol. The van der Waals surface area contributed by atoms with Crippen LogP contribution in [0, 0.1) is 0 Å². The minimum atomic E-state index is -0.891. The predicted octanol–water partition coefficient (Wildman–Crippen LogP) is 3.18. The number of urea groups is 1. The number of nitrogens with one attached hydrogen (secondary N) is 1. The number of esters is 1. The molecule has 0 aromatic heterocycles. The van der Waals surface area contributed by atoms with E-state index in [1.807, 2.05) is 0 Å². The number of imide groups is 2. The van der Waals surface area contributed by atoms with Crippen molar-refractivity contribution in [1.29, 1.82) is 0 Å². The Hall–Kier alpha value is -4.06. The van der Waals surface area contributed by atoms with Crippen molar-refractivity contribution in [3.63, 3.8) is 0 Å². The number of hydrogen-bond acceptors (Lipinski definition) is 9. The fourth-order valence-corrected chi connectivity index (χ4v) is 3.89. The van der Waals surface area contributed by atoms with Crippen LogP contribution >= 0.6 is 15.9 Å². The lowest BCUT2D eigenvalue weighted by molar-refractivity contribution is -0.145. The zero-order chi connectivity index (χ0) is 25.8. The van der Waals surface area contributed by atoms with Crippen molar-refractivity contribution in [2.24, 2.45) is 0 Å². The van der Waals surface area contributed by atoms with Crippen LogP contribution in [0.1, 0.15) is 19.4 Å². The molecule has 0 bridgehead atoms. The number of halogens is 1. The molecule has 0 atom stereocenters. The Balaban J connectivity index is 1.66. The number of ether oxygens (including phenoxy) is 5. The number of rotatable bonds is 8. The molecule has 0 unspecified atom stereocenters. The van der Waals surface area contributed by atoms with Crippen LogP contribution in [0.25, 0.3) is 6.08 Å². The van der Waals surface area contributed by atoms with E-state index in [1.165, 1.54) is 18.2 Å². The summed E-state index contributed by atoms with van der Waals surface area (Å²) in [6, 6.07) is 6.75. The highest BCUT2D eigenvalue weighted by Gasteiger charge is 2.37. The highest BCUT2D eigenvalue weighted by molar-refractivity contribution is 9.10. The lowest BCUT2D eigenvalue weighted by Gasteiger charge is -2.26. The quantitative estimate of drug-likeness (QED) is 0.294. The maximum Gasteiger partial charge on any atom is 0.344 e. The van der Waals surface area contributed by atoms with Gasteiger partial charge in [0.25, 0.3) is 11.8 Å². The summed E-state index contributed by atoms with van der Waals surface area (Å²) >= 11 is 3.39. The molecule has 2 aromatic carbocycles. The van der Waals surface area contributed by atoms with E-state index < -0.39 is 23.8 Å². The van der Waals surface area contributed by atoms with E-state index in [1.54, 1.807) is 32.0 Å². The number of hydrogen-bond donors (Lipinski definition) is 1. The lowest BCUT2D eigenvalue weighted by atomic mass is 10.1. The highest BCUT2D eigenvalue weighted by Crippen LogP contribution is 2.38. The van der Waals surface area contributed by atoms with Gasteiger partial charge in [0, 0.05) is 10.5 Å². The summed E-state index contributed by atoms with van der Waals surface area (Å²) in [4.78, 5) is 50.9. The molecule has 2 heterocycles. The maximum absolute atomic E-state index is 13.3. The van der Waals surface area contributed by atoms with Gasteiger partial charge in [0.05, 0.1) is 18.9 Å². The van der Waals surface area contributed by atoms with Crippen molar-refractivity contribution in [3.8, 4) is 23.0 Å². The Kier molecular flexibility index (Phi) is 7.44. The SMILES string of the molecule is CCOC(=O)COc1cc(Br)c(/C=C2\C(=O)NC(=O)N(c3ccc4c(c3)OCO4)C2=O)cc1OCC. The monoisotopic (exact) mass is 560 g/mol. The van der Waals surface area contributed by atoms with Crippen molar-refractivity contribution in [1.82, 2.24) is 5.32 Å². The average Bonchev–Trinajstić information content (AvgIpc) is 3.30. The van der Waals surface area contributed by atoms with Gasteiger partial charge < -0.3 is 23.7 Å². The van der Waals surface area contributed by atoms with E-state index >= 15 is 0 Å². The number of carbonyl (C=O) groups is 4. The van der Waals surface area contributed by atoms with Gasteiger partial charge in [0.1, 0.15) is 5.57 Å². The number of carbonyl (C=O) groups excluding carboxylic acids is 4. The Morgan fingerprint density at radius 1 is 1.06 bits per heavy atom. The van der Waals surface area contributed by atoms with E-state index in [0.29, 0.717) is 28.1 Å². The van der Waals surface area contributed by atoms with Crippen LogP contribution in [0.4, 0.5) is 10.5 Å². The maximum atomic E-state index is 13.3. The van der Waals surface area contributed by atoms with Gasteiger partial charge in [-0.05, 0) is 49.8 Å². The topological polar surface area (TPSA) is 130 Å². The molecule has 188 valence electrons. The largest absolute Gasteiger partial charge is 0.490 e. The van der Waals surface area contributed by atoms with Crippen LogP contribution < -0.4 is 29.2 Å². The van der Waals surface area contributed by atoms with Crippen LogP contribution in [-0.4, -0.2) is 50.4 Å². The number of benzene rings is 2. The van der Waals surface area contributed by atoms with Crippen LogP contribution in [0.3, 0.4) is 0 Å². The number of nitrogens with zero attached hydrogens (tertiary/aromatic N) is 1. The van der Waals surface area contributed by atoms with Gasteiger partial charge in [-0.2, -0.15) is 0 Å². The molecule has 0 saturated carbocycles. The molecular weight excluding hydrogens is 540 g/mol. The summed E-state index contributed by atoms with van der Waals surface area (Å²) in [5.41, 5.74) is 0.327. The van der Waals surface area contributed by atoms with Gasteiger partial charge in [-0.1, -0.05) is 15.9 Å². The summed E-state index contributed by atoms with van der Waals surface area (Å²) < 4.78 is 27.0. The number of fused-ring (bicyclic) bond motifs is 1. The van der Waals surface area contributed by atoms with E-state index in [2.05, 4.69) is 21.2 Å². The van der Waals surface area contributed by atoms with E-state index in [4.69, 9.17) is 23.7 Å². The van der Waals surface area contributed by atoms with Crippen molar-refractivity contribution in [3.05, 3.63) is 45.9 Å². The number of barbiturate groups is 1. The molecule has 11 nitrogen and oxygen atoms in total. The molecule has 2 aliphatic rings. The second kappa shape index (κ2) is 10.7. The van der Waals surface area contributed by atoms with Crippen molar-refractivity contribution < 1.29 is 42.9 Å². The molecule has 4 rings (SSSR count). The molecule has 0 aliphatic carbocycles. The summed E-state index contributed by atoms with van der Waals surface area (Å²) in [6.07, 6.45) is 1.33. The summed E-state index contributed by atoms with van der Waals surface area (Å²) in [6.45, 7) is 3.67. The molecule has 1 saturated heterocycles. The molecule has 0 radical (unpaired) electrons. The highest BCUT2D eigenvalue weighted by atomic mass is 79.9. The fourth-order valence-electron chi connectivity index (χ4n) is 3.45. The molecule has 2 aromatic rings. The zero-order valence-electron chi connectivity index (χ0n) is 19.3. The van der Waals surface area contributed by atoms with E-state index in [0.717, 1.165) is 4.90 Å². The summed E-state index contributed by atoms with van der Waals surface area (Å²) in [7, 11) is 0. The lowest BCUT2D eigenvalue weighted by Crippen LogP contribution is -2.54. The number of anilines is 1. The van der Waals surface area contributed by atoms with Gasteiger partial charge in [-0.25, -0.2) is 14.5 Å².